The van der Waals surface area contributed by atoms with Crippen LogP contribution in [0.3, 0.4) is 0 Å². The highest BCUT2D eigenvalue weighted by Crippen LogP contribution is 2.32. The number of nitrogens with zero attached hydrogens (tertiary/aromatic N) is 3. The lowest BCUT2D eigenvalue weighted by Crippen LogP contribution is -2.72. The van der Waals surface area contributed by atoms with Crippen LogP contribution in [0.1, 0.15) is 11.1 Å². The van der Waals surface area contributed by atoms with Crippen LogP contribution in [0, 0.1) is 5.41 Å². The van der Waals surface area contributed by atoms with Crippen molar-refractivity contribution in [3.8, 4) is 33.4 Å². The molecule has 6 aromatic rings. The standard InChI is InChI=1S/C40H29N5/c41-39-37(32-12-4-10-30(24-32)34-14-6-22-42-26-34)20-21-38(33-13-5-11-31(25-33)35-15-7-23-43-27-35)40(39)45-44-36-18-16-29(17-19-36)28-8-2-1-3-9-28/h1-27,41,44H/p+1. The number of pyridine rings is 2. The van der Waals surface area contributed by atoms with E-state index in [-0.39, 0.29) is 0 Å². The molecule has 0 saturated carbocycles. The highest BCUT2D eigenvalue weighted by atomic mass is 15.3. The van der Waals surface area contributed by atoms with Crippen molar-refractivity contribution >= 4 is 28.3 Å². The lowest BCUT2D eigenvalue weighted by Gasteiger charge is -2.19. The van der Waals surface area contributed by atoms with Gasteiger partial charge in [-0.15, -0.1) is 0 Å². The van der Waals surface area contributed by atoms with Crippen LogP contribution in [-0.2, 0) is 0 Å². The molecule has 0 atom stereocenters. The van der Waals surface area contributed by atoms with Gasteiger partial charge in [0.15, 0.2) is 11.4 Å². The van der Waals surface area contributed by atoms with E-state index in [2.05, 4.69) is 88.8 Å². The van der Waals surface area contributed by atoms with Gasteiger partial charge in [-0.25, -0.2) is 0 Å². The van der Waals surface area contributed by atoms with Crippen LogP contribution in [-0.4, -0.2) is 21.4 Å². The molecule has 0 saturated heterocycles. The molecule has 0 radical (unpaired) electrons. The van der Waals surface area contributed by atoms with E-state index in [1.807, 2.05) is 78.5 Å². The minimum Gasteiger partial charge on any atom is -0.298 e. The first kappa shape index (κ1) is 27.8. The van der Waals surface area contributed by atoms with Crippen LogP contribution < -0.4 is 5.43 Å². The molecule has 3 N–H and O–H groups in total. The number of hydrogen-bond donors (Lipinski definition) is 2. The second-order valence-corrected chi connectivity index (χ2v) is 10.8. The van der Waals surface area contributed by atoms with Gasteiger partial charge >= 0.3 is 0 Å². The Labute approximate surface area is 262 Å². The predicted octanol–water partition coefficient (Wildman–Crippen LogP) is 8.23. The molecule has 2 heterocycles. The fourth-order valence-electron chi connectivity index (χ4n) is 5.53. The van der Waals surface area contributed by atoms with E-state index >= 15 is 0 Å². The second kappa shape index (κ2) is 12.7. The zero-order chi connectivity index (χ0) is 30.4. The second-order valence-electron chi connectivity index (χ2n) is 10.8. The lowest BCUT2D eigenvalue weighted by molar-refractivity contribution is -0.577. The number of nitrogens with two attached hydrogens (primary N) is 1. The summed E-state index contributed by atoms with van der Waals surface area (Å²) in [5.74, 6) is 0. The summed E-state index contributed by atoms with van der Waals surface area (Å²) in [5, 5.41) is 14.4. The summed E-state index contributed by atoms with van der Waals surface area (Å²) in [4.78, 5) is 8.59. The summed E-state index contributed by atoms with van der Waals surface area (Å²) < 4.78 is 0. The van der Waals surface area contributed by atoms with Crippen LogP contribution >= 0.6 is 0 Å². The first-order chi connectivity index (χ1) is 22.2. The maximum Gasteiger partial charge on any atom is 0.155 e. The van der Waals surface area contributed by atoms with Crippen molar-refractivity contribution in [3.05, 3.63) is 175 Å². The number of nitrogens with one attached hydrogen (secondary N) is 1. The van der Waals surface area contributed by atoms with Crippen LogP contribution in [0.2, 0.25) is 0 Å². The summed E-state index contributed by atoms with van der Waals surface area (Å²) in [6.45, 7) is 0. The van der Waals surface area contributed by atoms with Crippen molar-refractivity contribution in [2.75, 3.05) is 0 Å². The molecular weight excluding hydrogens is 550 g/mol. The first-order valence-electron chi connectivity index (χ1n) is 14.8. The Morgan fingerprint density at radius 1 is 0.467 bits per heavy atom. The van der Waals surface area contributed by atoms with Gasteiger partial charge in [0.05, 0.1) is 5.71 Å². The van der Waals surface area contributed by atoms with Crippen LogP contribution in [0.25, 0.3) is 44.5 Å². The SMILES string of the molecule is N=C1C(c2cccc(-c3cccnc3)c2)=CC=C(c2cccc(-c3cccnc3)c2)C1=N[NH2+]c1ccc(-c2ccccc2)cc1. The Morgan fingerprint density at radius 3 is 1.58 bits per heavy atom. The van der Waals surface area contributed by atoms with E-state index < -0.39 is 0 Å². The van der Waals surface area contributed by atoms with Gasteiger partial charge in [0.2, 0.25) is 0 Å². The monoisotopic (exact) mass is 580 g/mol. The van der Waals surface area contributed by atoms with Crippen molar-refractivity contribution < 1.29 is 5.43 Å². The molecule has 0 fully saturated rings. The van der Waals surface area contributed by atoms with Gasteiger partial charge in [0.25, 0.3) is 0 Å². The van der Waals surface area contributed by atoms with Gasteiger partial charge in [-0.1, -0.05) is 96.1 Å². The summed E-state index contributed by atoms with van der Waals surface area (Å²) in [5.41, 5.74) is 14.0. The third-order valence-corrected chi connectivity index (χ3v) is 7.88. The molecule has 214 valence electrons. The summed E-state index contributed by atoms with van der Waals surface area (Å²) >= 11 is 0. The molecule has 45 heavy (non-hydrogen) atoms. The molecule has 0 amide bonds. The quantitative estimate of drug-likeness (QED) is 0.0864. The van der Waals surface area contributed by atoms with E-state index in [9.17, 15) is 5.41 Å². The van der Waals surface area contributed by atoms with Crippen molar-refractivity contribution in [1.82, 2.24) is 9.97 Å². The van der Waals surface area contributed by atoms with Crippen LogP contribution in [0.5, 0.6) is 0 Å². The smallest absolute Gasteiger partial charge is 0.155 e. The number of allylic oxidation sites excluding steroid dienone is 4. The zero-order valence-electron chi connectivity index (χ0n) is 24.5. The van der Waals surface area contributed by atoms with Crippen molar-refractivity contribution in [2.45, 2.75) is 0 Å². The molecule has 0 aliphatic heterocycles. The Hall–Kier alpha value is -6.04. The van der Waals surface area contributed by atoms with E-state index in [1.165, 1.54) is 5.56 Å². The van der Waals surface area contributed by atoms with Gasteiger partial charge in [-0.2, -0.15) is 5.43 Å². The minimum absolute atomic E-state index is 0.375. The normalized spacial score (nSPS) is 13.8. The number of aromatic nitrogens is 2. The largest absolute Gasteiger partial charge is 0.298 e. The lowest BCUT2D eigenvalue weighted by atomic mass is 9.85. The van der Waals surface area contributed by atoms with Crippen LogP contribution in [0.15, 0.2) is 169 Å². The summed E-state index contributed by atoms with van der Waals surface area (Å²) in [6, 6.07) is 43.3. The highest BCUT2D eigenvalue weighted by molar-refractivity contribution is 6.69. The number of hydrogen-bond acceptors (Lipinski definition) is 4. The van der Waals surface area contributed by atoms with E-state index in [0.717, 1.165) is 55.8 Å². The molecule has 0 bridgehead atoms. The van der Waals surface area contributed by atoms with Gasteiger partial charge in [0, 0.05) is 59.2 Å². The van der Waals surface area contributed by atoms with Gasteiger partial charge in [0.1, 0.15) is 0 Å². The molecule has 4 aromatic carbocycles. The van der Waals surface area contributed by atoms with Crippen molar-refractivity contribution in [1.29, 1.82) is 5.41 Å². The zero-order valence-corrected chi connectivity index (χ0v) is 24.5. The van der Waals surface area contributed by atoms with Gasteiger partial charge in [-0.3, -0.25) is 15.4 Å². The topological polar surface area (TPSA) is 78.6 Å². The molecule has 2 aromatic heterocycles. The number of quaternary nitrogens is 1. The summed E-state index contributed by atoms with van der Waals surface area (Å²) in [6.07, 6.45) is 11.4. The third kappa shape index (κ3) is 6.07. The molecule has 1 aliphatic carbocycles. The average Bonchev–Trinajstić information content (AvgIpc) is 3.12. The van der Waals surface area contributed by atoms with Gasteiger partial charge in [-0.05, 0) is 69.8 Å². The molecule has 0 spiro atoms. The third-order valence-electron chi connectivity index (χ3n) is 7.88. The average molecular weight is 581 g/mol. The minimum atomic E-state index is 0.375. The highest BCUT2D eigenvalue weighted by Gasteiger charge is 2.25. The molecule has 5 heteroatoms. The maximum absolute atomic E-state index is 9.44. The predicted molar refractivity (Wildman–Crippen MR) is 184 cm³/mol. The summed E-state index contributed by atoms with van der Waals surface area (Å²) in [7, 11) is 0. The molecular formula is C40H30N5+. The Bertz CT molecular complexity index is 2060. The first-order valence-corrected chi connectivity index (χ1v) is 14.8. The molecule has 5 nitrogen and oxygen atoms in total. The van der Waals surface area contributed by atoms with E-state index in [4.69, 9.17) is 5.10 Å². The van der Waals surface area contributed by atoms with E-state index in [0.29, 0.717) is 11.4 Å². The van der Waals surface area contributed by atoms with Crippen LogP contribution in [0.4, 0.5) is 5.69 Å². The number of benzene rings is 4. The van der Waals surface area contributed by atoms with Crippen molar-refractivity contribution in [3.63, 3.8) is 0 Å². The fourth-order valence-corrected chi connectivity index (χ4v) is 5.53. The maximum atomic E-state index is 9.44. The van der Waals surface area contributed by atoms with E-state index in [1.54, 1.807) is 12.4 Å². The Balaban J connectivity index is 1.27. The van der Waals surface area contributed by atoms with Gasteiger partial charge < -0.3 is 0 Å². The molecule has 7 rings (SSSR count). The fraction of sp³-hybridized carbons (Fsp3) is 0. The molecule has 0 unspecified atom stereocenters. The van der Waals surface area contributed by atoms with Crippen molar-refractivity contribution in [2.24, 2.45) is 5.10 Å². The number of rotatable bonds is 7. The molecule has 1 aliphatic rings. The Kier molecular flexibility index (Phi) is 7.82. The Morgan fingerprint density at radius 2 is 0.978 bits per heavy atom.